The van der Waals surface area contributed by atoms with E-state index in [0.29, 0.717) is 13.2 Å². The summed E-state index contributed by atoms with van der Waals surface area (Å²) in [6, 6.07) is 11.0. The summed E-state index contributed by atoms with van der Waals surface area (Å²) < 4.78 is 17.4. The number of aliphatic hydroxyl groups excluding tert-OH is 1. The van der Waals surface area contributed by atoms with Gasteiger partial charge in [0.05, 0.1) is 32.5 Å². The molecule has 0 heterocycles. The third-order valence-corrected chi connectivity index (χ3v) is 9.36. The minimum atomic E-state index is -1.77. The highest BCUT2D eigenvalue weighted by Gasteiger charge is 2.37. The lowest BCUT2D eigenvalue weighted by molar-refractivity contribution is -0.0592. The molecule has 0 radical (unpaired) electrons. The van der Waals surface area contributed by atoms with Gasteiger partial charge in [-0.25, -0.2) is 0 Å². The molecular weight excluding hydrogens is 308 g/mol. The third kappa shape index (κ3) is 5.92. The number of hydrogen-bond acceptors (Lipinski definition) is 4. The van der Waals surface area contributed by atoms with Crippen molar-refractivity contribution in [3.8, 4) is 5.75 Å². The molecule has 1 rings (SSSR count). The van der Waals surface area contributed by atoms with Crippen LogP contribution in [0.3, 0.4) is 0 Å². The molecule has 132 valence electrons. The van der Waals surface area contributed by atoms with E-state index in [1.54, 1.807) is 7.11 Å². The Balaban J connectivity index is 2.60. The monoisotopic (exact) mass is 340 g/mol. The number of aliphatic hydroxyl groups is 1. The summed E-state index contributed by atoms with van der Waals surface area (Å²) in [5.74, 6) is 0.835. The molecule has 0 aliphatic heterocycles. The molecule has 0 aromatic heterocycles. The first-order chi connectivity index (χ1) is 11.0. The van der Waals surface area contributed by atoms with E-state index in [1.807, 2.05) is 31.2 Å². The van der Waals surface area contributed by atoms with Crippen molar-refractivity contribution in [2.24, 2.45) is 0 Å². The van der Waals surface area contributed by atoms with Crippen LogP contribution < -0.4 is 4.74 Å². The molecule has 0 saturated carbocycles. The molecule has 23 heavy (non-hydrogen) atoms. The molecule has 0 saturated heterocycles. The predicted molar refractivity (Wildman–Crippen MR) is 96.4 cm³/mol. The maximum absolute atomic E-state index is 9.80. The van der Waals surface area contributed by atoms with E-state index in [2.05, 4.69) is 20.8 Å². The van der Waals surface area contributed by atoms with Crippen molar-refractivity contribution in [1.82, 2.24) is 0 Å². The van der Waals surface area contributed by atoms with Crippen molar-refractivity contribution in [1.29, 1.82) is 0 Å². The predicted octanol–water partition coefficient (Wildman–Crippen LogP) is 3.98. The largest absolute Gasteiger partial charge is 0.497 e. The van der Waals surface area contributed by atoms with E-state index in [4.69, 9.17) is 13.9 Å². The highest BCUT2D eigenvalue weighted by molar-refractivity contribution is 6.73. The van der Waals surface area contributed by atoms with Crippen LogP contribution in [0.25, 0.3) is 0 Å². The summed E-state index contributed by atoms with van der Waals surface area (Å²) in [5.41, 5.74) is 0.455. The number of ether oxygens (including phenoxy) is 2. The zero-order valence-electron chi connectivity index (χ0n) is 15.2. The highest BCUT2D eigenvalue weighted by atomic mass is 28.4. The summed E-state index contributed by atoms with van der Waals surface area (Å²) in [6.45, 7) is 9.39. The maximum atomic E-state index is 9.80. The van der Waals surface area contributed by atoms with Gasteiger partial charge in [0, 0.05) is 0 Å². The molecule has 0 unspecified atom stereocenters. The second-order valence-corrected chi connectivity index (χ2v) is 11.0. The Bertz CT molecular complexity index is 437. The summed E-state index contributed by atoms with van der Waals surface area (Å²) in [5, 5.41) is 9.80. The Kier molecular flexibility index (Phi) is 8.26. The Labute approximate surface area is 141 Å². The fourth-order valence-corrected chi connectivity index (χ4v) is 5.80. The summed E-state index contributed by atoms with van der Waals surface area (Å²) in [6.07, 6.45) is 0. The van der Waals surface area contributed by atoms with Gasteiger partial charge in [-0.05, 0) is 42.8 Å². The van der Waals surface area contributed by atoms with Crippen LogP contribution in [0.1, 0.15) is 33.3 Å². The Morgan fingerprint density at radius 3 is 2.04 bits per heavy atom. The van der Waals surface area contributed by atoms with Crippen molar-refractivity contribution < 1.29 is 19.0 Å². The molecular formula is C18H32O4Si. The molecule has 0 aliphatic rings. The van der Waals surface area contributed by atoms with E-state index in [0.717, 1.165) is 29.4 Å². The van der Waals surface area contributed by atoms with Crippen LogP contribution in [-0.4, -0.2) is 39.3 Å². The van der Waals surface area contributed by atoms with Crippen LogP contribution in [0.15, 0.2) is 24.3 Å². The van der Waals surface area contributed by atoms with Crippen molar-refractivity contribution in [2.45, 2.75) is 58.0 Å². The number of hydrogen-bond donors (Lipinski definition) is 1. The van der Waals surface area contributed by atoms with Crippen LogP contribution in [0, 0.1) is 0 Å². The molecule has 1 aromatic carbocycles. The highest BCUT2D eigenvalue weighted by Crippen LogP contribution is 2.28. The van der Waals surface area contributed by atoms with E-state index >= 15 is 0 Å². The lowest BCUT2D eigenvalue weighted by atomic mass is 10.1. The van der Waals surface area contributed by atoms with Crippen LogP contribution in [-0.2, 0) is 15.8 Å². The van der Waals surface area contributed by atoms with Gasteiger partial charge in [0.15, 0.2) is 8.32 Å². The van der Waals surface area contributed by atoms with Gasteiger partial charge in [-0.2, -0.15) is 0 Å². The van der Waals surface area contributed by atoms with Gasteiger partial charge >= 0.3 is 0 Å². The zero-order valence-corrected chi connectivity index (χ0v) is 16.2. The molecule has 0 bridgehead atoms. The molecule has 4 nitrogen and oxygen atoms in total. The number of methoxy groups -OCH3 is 1. The van der Waals surface area contributed by atoms with Crippen molar-refractivity contribution in [2.75, 3.05) is 20.3 Å². The zero-order chi connectivity index (χ0) is 17.3. The van der Waals surface area contributed by atoms with E-state index in [1.165, 1.54) is 0 Å². The first-order valence-corrected chi connectivity index (χ1v) is 11.0. The summed E-state index contributed by atoms with van der Waals surface area (Å²) >= 11 is 0. The van der Waals surface area contributed by atoms with Crippen molar-refractivity contribution >= 4 is 8.32 Å². The van der Waals surface area contributed by atoms with Crippen LogP contribution in [0.4, 0.5) is 0 Å². The smallest absolute Gasteiger partial charge is 0.193 e. The van der Waals surface area contributed by atoms with Gasteiger partial charge in [-0.15, -0.1) is 0 Å². The molecule has 0 spiro atoms. The first kappa shape index (κ1) is 20.2. The van der Waals surface area contributed by atoms with Crippen molar-refractivity contribution in [3.63, 3.8) is 0 Å². The lowest BCUT2D eigenvalue weighted by Gasteiger charge is -2.39. The quantitative estimate of drug-likeness (QED) is 0.619. The summed E-state index contributed by atoms with van der Waals surface area (Å²) in [7, 11) is -0.118. The summed E-state index contributed by atoms with van der Waals surface area (Å²) in [4.78, 5) is 0. The van der Waals surface area contributed by atoms with Gasteiger partial charge in [-0.3, -0.25) is 0 Å². The van der Waals surface area contributed by atoms with Gasteiger partial charge in [0.2, 0.25) is 0 Å². The van der Waals surface area contributed by atoms with Crippen LogP contribution >= 0.6 is 0 Å². The third-order valence-electron chi connectivity index (χ3n) is 4.57. The lowest BCUT2D eigenvalue weighted by Crippen LogP contribution is -2.50. The number of rotatable bonds is 11. The minimum absolute atomic E-state index is 0.0234. The second kappa shape index (κ2) is 9.42. The fraction of sp³-hybridized carbons (Fsp3) is 0.667. The Morgan fingerprint density at radius 1 is 1.04 bits per heavy atom. The first-order valence-electron chi connectivity index (χ1n) is 8.48. The average molecular weight is 341 g/mol. The average Bonchev–Trinajstić information content (AvgIpc) is 2.60. The van der Waals surface area contributed by atoms with E-state index in [-0.39, 0.29) is 6.61 Å². The standard InChI is InChI=1S/C18H32O4Si/c1-6-23(7-2,8-3)22-18(4,14-19)15-21-13-16-9-11-17(20-5)12-10-16/h9-12,19H,6-8,13-15H2,1-5H3/t18-/m1/s1. The molecule has 5 heteroatoms. The molecule has 1 aromatic rings. The second-order valence-electron chi connectivity index (χ2n) is 6.29. The van der Waals surface area contributed by atoms with Gasteiger partial charge in [-0.1, -0.05) is 32.9 Å². The topological polar surface area (TPSA) is 47.9 Å². The Morgan fingerprint density at radius 2 is 1.61 bits per heavy atom. The molecule has 0 fully saturated rings. The van der Waals surface area contributed by atoms with Crippen LogP contribution in [0.2, 0.25) is 18.1 Å². The van der Waals surface area contributed by atoms with Crippen LogP contribution in [0.5, 0.6) is 5.75 Å². The van der Waals surface area contributed by atoms with Gasteiger partial charge in [0.1, 0.15) is 5.75 Å². The normalized spacial score (nSPS) is 14.5. The van der Waals surface area contributed by atoms with E-state index < -0.39 is 13.9 Å². The molecule has 0 aliphatic carbocycles. The molecule has 1 N–H and O–H groups in total. The fourth-order valence-electron chi connectivity index (χ4n) is 2.70. The van der Waals surface area contributed by atoms with Gasteiger partial charge in [0.25, 0.3) is 0 Å². The SMILES string of the molecule is CC[Si](CC)(CC)O[C@](C)(CO)COCc1ccc(OC)cc1. The molecule has 0 amide bonds. The van der Waals surface area contributed by atoms with Crippen molar-refractivity contribution in [3.05, 3.63) is 29.8 Å². The van der Waals surface area contributed by atoms with E-state index in [9.17, 15) is 5.11 Å². The number of benzene rings is 1. The molecule has 1 atom stereocenters. The maximum Gasteiger partial charge on any atom is 0.193 e. The minimum Gasteiger partial charge on any atom is -0.497 e. The Hall–Kier alpha value is -0.883. The van der Waals surface area contributed by atoms with Gasteiger partial charge < -0.3 is 19.0 Å².